The summed E-state index contributed by atoms with van der Waals surface area (Å²) in [7, 11) is 1.99. The van der Waals surface area contributed by atoms with E-state index in [1.54, 1.807) is 10.9 Å². The molecule has 2 N–H and O–H groups in total. The van der Waals surface area contributed by atoms with Crippen LogP contribution in [0.4, 0.5) is 5.69 Å². The van der Waals surface area contributed by atoms with Crippen molar-refractivity contribution in [3.63, 3.8) is 0 Å². The molecular weight excluding hydrogens is 374 g/mol. The Kier molecular flexibility index (Phi) is 6.15. The van der Waals surface area contributed by atoms with Gasteiger partial charge in [0.15, 0.2) is 0 Å². The Hall–Kier alpha value is -2.89. The number of aromatic nitrogens is 4. The summed E-state index contributed by atoms with van der Waals surface area (Å²) in [5.74, 6) is 1.61. The van der Waals surface area contributed by atoms with Gasteiger partial charge < -0.3 is 10.3 Å². The normalized spacial score (nSPS) is 20.3. The number of nitrogens with two attached hydrogens (primary N) is 1. The van der Waals surface area contributed by atoms with Gasteiger partial charge >= 0.3 is 0 Å². The minimum absolute atomic E-state index is 0.158. The minimum atomic E-state index is -0.158. The second-order valence-electron chi connectivity index (χ2n) is 8.14. The average molecular weight is 408 g/mol. The Morgan fingerprint density at radius 3 is 2.53 bits per heavy atom. The summed E-state index contributed by atoms with van der Waals surface area (Å²) in [4.78, 5) is 12.9. The lowest BCUT2D eigenvalue weighted by Crippen LogP contribution is -2.43. The molecule has 0 atom stereocenters. The molecule has 1 aliphatic rings. The van der Waals surface area contributed by atoms with E-state index >= 15 is 0 Å². The largest absolute Gasteiger partial charge is 0.394 e. The second-order valence-corrected chi connectivity index (χ2v) is 8.14. The van der Waals surface area contributed by atoms with Gasteiger partial charge in [-0.2, -0.15) is 0 Å². The summed E-state index contributed by atoms with van der Waals surface area (Å²) < 4.78 is 3.67. The van der Waals surface area contributed by atoms with Crippen LogP contribution < -0.4 is 11.3 Å². The Morgan fingerprint density at radius 1 is 1.27 bits per heavy atom. The molecule has 0 spiro atoms. The van der Waals surface area contributed by atoms with Crippen LogP contribution in [0.3, 0.4) is 0 Å². The number of aryl methyl sites for hydroxylation is 2. The molecule has 1 aromatic carbocycles. The summed E-state index contributed by atoms with van der Waals surface area (Å²) in [5.41, 5.74) is 10.1. The van der Waals surface area contributed by atoms with Gasteiger partial charge in [-0.3, -0.25) is 9.36 Å². The van der Waals surface area contributed by atoms with Crippen LogP contribution in [-0.2, 0) is 18.9 Å². The maximum atomic E-state index is 12.9. The van der Waals surface area contributed by atoms with Crippen LogP contribution in [0.25, 0.3) is 5.69 Å². The van der Waals surface area contributed by atoms with Gasteiger partial charge in [0.1, 0.15) is 17.8 Å². The van der Waals surface area contributed by atoms with Crippen LogP contribution in [0.15, 0.2) is 41.6 Å². The number of nitrogen functional groups attached to an aromatic ring is 1. The van der Waals surface area contributed by atoms with E-state index in [4.69, 9.17) is 5.73 Å². The standard InChI is InChI=1S/C22H27N5O.C2H6/c1-5-18-15(3)12-27(20(28)19(18)23)17-8-6-7-16(9-17)22(10-14(2)11-22)21-25-24-13-26(21)4;1-2/h6-9,12-14H,5,10-11,23H2,1-4H3;1-2H3. The molecule has 2 heterocycles. The zero-order valence-electron chi connectivity index (χ0n) is 18.9. The minimum Gasteiger partial charge on any atom is -0.394 e. The highest BCUT2D eigenvalue weighted by molar-refractivity contribution is 5.52. The van der Waals surface area contributed by atoms with Crippen molar-refractivity contribution in [1.29, 1.82) is 0 Å². The molecule has 0 aliphatic heterocycles. The third-order valence-electron chi connectivity index (χ3n) is 6.14. The first-order valence-corrected chi connectivity index (χ1v) is 10.8. The molecule has 0 unspecified atom stereocenters. The molecule has 0 saturated heterocycles. The lowest BCUT2D eigenvalue weighted by molar-refractivity contribution is 0.185. The number of benzene rings is 1. The van der Waals surface area contributed by atoms with Crippen molar-refractivity contribution < 1.29 is 0 Å². The van der Waals surface area contributed by atoms with E-state index in [9.17, 15) is 4.79 Å². The molecule has 1 saturated carbocycles. The Morgan fingerprint density at radius 2 is 1.97 bits per heavy atom. The molecule has 0 amide bonds. The molecular formula is C24H33N5O. The highest BCUT2D eigenvalue weighted by Gasteiger charge is 2.48. The van der Waals surface area contributed by atoms with E-state index in [0.717, 1.165) is 41.9 Å². The molecule has 6 nitrogen and oxygen atoms in total. The fourth-order valence-corrected chi connectivity index (χ4v) is 4.81. The van der Waals surface area contributed by atoms with Crippen LogP contribution in [0.2, 0.25) is 0 Å². The zero-order valence-corrected chi connectivity index (χ0v) is 18.9. The predicted molar refractivity (Wildman–Crippen MR) is 122 cm³/mol. The number of hydrogen-bond donors (Lipinski definition) is 1. The van der Waals surface area contributed by atoms with Crippen LogP contribution >= 0.6 is 0 Å². The van der Waals surface area contributed by atoms with Gasteiger partial charge in [0.2, 0.25) is 0 Å². The van der Waals surface area contributed by atoms with Gasteiger partial charge in [-0.05, 0) is 60.9 Å². The highest BCUT2D eigenvalue weighted by atomic mass is 16.1. The second kappa shape index (κ2) is 8.46. The van der Waals surface area contributed by atoms with Crippen molar-refractivity contribution in [3.05, 3.63) is 69.7 Å². The third kappa shape index (κ3) is 3.44. The Balaban J connectivity index is 0.00000124. The predicted octanol–water partition coefficient (Wildman–Crippen LogP) is 4.16. The topological polar surface area (TPSA) is 78.7 Å². The quantitative estimate of drug-likeness (QED) is 0.704. The first-order valence-electron chi connectivity index (χ1n) is 10.8. The first-order chi connectivity index (χ1) is 14.4. The summed E-state index contributed by atoms with van der Waals surface area (Å²) in [5, 5.41) is 8.51. The van der Waals surface area contributed by atoms with Gasteiger partial charge in [-0.1, -0.05) is 39.8 Å². The van der Waals surface area contributed by atoms with E-state index < -0.39 is 0 Å². The lowest BCUT2D eigenvalue weighted by atomic mass is 9.58. The summed E-state index contributed by atoms with van der Waals surface area (Å²) in [6.45, 7) is 10.3. The monoisotopic (exact) mass is 407 g/mol. The third-order valence-corrected chi connectivity index (χ3v) is 6.14. The fourth-order valence-electron chi connectivity index (χ4n) is 4.81. The van der Waals surface area contributed by atoms with Gasteiger partial charge in [0.25, 0.3) is 5.56 Å². The smallest absolute Gasteiger partial charge is 0.278 e. The van der Waals surface area contributed by atoms with E-state index in [0.29, 0.717) is 11.6 Å². The van der Waals surface area contributed by atoms with Gasteiger partial charge in [-0.25, -0.2) is 0 Å². The Bertz CT molecular complexity index is 1090. The van der Waals surface area contributed by atoms with E-state index in [2.05, 4.69) is 29.3 Å². The van der Waals surface area contributed by atoms with E-state index in [1.807, 2.05) is 57.6 Å². The van der Waals surface area contributed by atoms with E-state index in [1.165, 1.54) is 5.56 Å². The van der Waals surface area contributed by atoms with Crippen molar-refractivity contribution in [2.45, 2.75) is 59.3 Å². The number of nitrogens with zero attached hydrogens (tertiary/aromatic N) is 4. The molecule has 2 aromatic heterocycles. The van der Waals surface area contributed by atoms with Crippen molar-refractivity contribution in [2.24, 2.45) is 13.0 Å². The number of pyridine rings is 1. The zero-order chi connectivity index (χ0) is 22.1. The fraction of sp³-hybridized carbons (Fsp3) is 0.458. The molecule has 1 fully saturated rings. The highest BCUT2D eigenvalue weighted by Crippen LogP contribution is 2.51. The van der Waals surface area contributed by atoms with Crippen molar-refractivity contribution in [3.8, 4) is 5.69 Å². The Labute approximate surface area is 178 Å². The van der Waals surface area contributed by atoms with E-state index in [-0.39, 0.29) is 11.0 Å². The summed E-state index contributed by atoms with van der Waals surface area (Å²) >= 11 is 0. The number of rotatable bonds is 4. The molecule has 1 aliphatic carbocycles. The van der Waals surface area contributed by atoms with Crippen molar-refractivity contribution in [1.82, 2.24) is 19.3 Å². The van der Waals surface area contributed by atoms with Crippen LogP contribution in [0, 0.1) is 12.8 Å². The lowest BCUT2D eigenvalue weighted by Gasteiger charge is -2.46. The van der Waals surface area contributed by atoms with Gasteiger partial charge in [0.05, 0.1) is 5.41 Å². The van der Waals surface area contributed by atoms with Crippen molar-refractivity contribution in [2.75, 3.05) is 5.73 Å². The SMILES string of the molecule is CC.CCc1c(C)cn(-c2cccc(C3(c4nncn4C)CC(C)C3)c2)c(=O)c1N. The summed E-state index contributed by atoms with van der Waals surface area (Å²) in [6, 6.07) is 8.21. The van der Waals surface area contributed by atoms with Gasteiger partial charge in [0, 0.05) is 18.9 Å². The molecule has 0 bridgehead atoms. The molecule has 4 rings (SSSR count). The number of anilines is 1. The molecule has 160 valence electrons. The average Bonchev–Trinajstić information content (AvgIpc) is 3.16. The van der Waals surface area contributed by atoms with Crippen molar-refractivity contribution >= 4 is 5.69 Å². The van der Waals surface area contributed by atoms with Crippen LogP contribution in [0.5, 0.6) is 0 Å². The van der Waals surface area contributed by atoms with Crippen LogP contribution in [-0.4, -0.2) is 19.3 Å². The summed E-state index contributed by atoms with van der Waals surface area (Å²) in [6.07, 6.45) is 6.44. The molecule has 3 aromatic rings. The molecule has 6 heteroatoms. The van der Waals surface area contributed by atoms with Gasteiger partial charge in [-0.15, -0.1) is 10.2 Å². The van der Waals surface area contributed by atoms with Crippen LogP contribution in [0.1, 0.15) is 63.1 Å². The molecule has 0 radical (unpaired) electrons. The maximum absolute atomic E-state index is 12.9. The maximum Gasteiger partial charge on any atom is 0.278 e. The number of hydrogen-bond acceptors (Lipinski definition) is 4. The first kappa shape index (κ1) is 21.8. The molecule has 30 heavy (non-hydrogen) atoms.